The van der Waals surface area contributed by atoms with Crippen molar-refractivity contribution in [1.29, 1.82) is 0 Å². The van der Waals surface area contributed by atoms with Crippen molar-refractivity contribution in [2.24, 2.45) is 0 Å². The minimum Gasteiger partial charge on any atom is -0.317 e. The van der Waals surface area contributed by atoms with Gasteiger partial charge in [-0.25, -0.2) is 0 Å². The molecule has 0 aliphatic carbocycles. The largest absolute Gasteiger partial charge is 0.317 e. The summed E-state index contributed by atoms with van der Waals surface area (Å²) in [6.45, 7) is 4.34. The summed E-state index contributed by atoms with van der Waals surface area (Å²) in [5.41, 5.74) is 1.19. The van der Waals surface area contributed by atoms with Crippen LogP contribution in [0.2, 0.25) is 5.02 Å². The Balaban J connectivity index is 2.21. The van der Waals surface area contributed by atoms with Gasteiger partial charge in [0.05, 0.1) is 5.02 Å². The van der Waals surface area contributed by atoms with Crippen molar-refractivity contribution in [1.82, 2.24) is 10.3 Å². The lowest BCUT2D eigenvalue weighted by Crippen LogP contribution is -2.16. The summed E-state index contributed by atoms with van der Waals surface area (Å²) in [5, 5.41) is 4.15. The summed E-state index contributed by atoms with van der Waals surface area (Å²) in [6, 6.07) is 1.99. The lowest BCUT2D eigenvalue weighted by molar-refractivity contribution is 0.640. The molecule has 1 aromatic heterocycles. The molecule has 0 aliphatic heterocycles. The molecule has 1 rings (SSSR count). The van der Waals surface area contributed by atoms with Crippen molar-refractivity contribution < 1.29 is 0 Å². The predicted molar refractivity (Wildman–Crippen MR) is 60.7 cm³/mol. The molecule has 1 heterocycles. The van der Waals surface area contributed by atoms with E-state index in [-0.39, 0.29) is 0 Å². The van der Waals surface area contributed by atoms with E-state index in [1.807, 2.05) is 6.07 Å². The summed E-state index contributed by atoms with van der Waals surface area (Å²) in [7, 11) is 0. The van der Waals surface area contributed by atoms with Gasteiger partial charge in [0.1, 0.15) is 0 Å². The van der Waals surface area contributed by atoms with Gasteiger partial charge in [-0.3, -0.25) is 4.98 Å². The summed E-state index contributed by atoms with van der Waals surface area (Å²) in [4.78, 5) is 3.96. The van der Waals surface area contributed by atoms with Crippen molar-refractivity contribution in [2.75, 3.05) is 13.1 Å². The van der Waals surface area contributed by atoms with Crippen LogP contribution in [0.25, 0.3) is 0 Å². The molecule has 1 aromatic rings. The minimum absolute atomic E-state index is 0.781. The zero-order chi connectivity index (χ0) is 10.2. The zero-order valence-corrected chi connectivity index (χ0v) is 9.35. The van der Waals surface area contributed by atoms with Crippen molar-refractivity contribution in [2.45, 2.75) is 26.2 Å². The molecule has 0 radical (unpaired) electrons. The highest BCUT2D eigenvalue weighted by Gasteiger charge is 1.98. The van der Waals surface area contributed by atoms with Crippen LogP contribution in [0.15, 0.2) is 18.5 Å². The molecule has 0 bridgehead atoms. The van der Waals surface area contributed by atoms with Gasteiger partial charge in [-0.15, -0.1) is 0 Å². The Kier molecular flexibility index (Phi) is 5.57. The van der Waals surface area contributed by atoms with E-state index in [2.05, 4.69) is 17.2 Å². The second-order valence-electron chi connectivity index (χ2n) is 3.32. The van der Waals surface area contributed by atoms with Crippen LogP contribution in [-0.2, 0) is 6.42 Å². The van der Waals surface area contributed by atoms with Crippen LogP contribution in [0.1, 0.15) is 25.3 Å². The van der Waals surface area contributed by atoms with E-state index in [0.29, 0.717) is 0 Å². The maximum absolute atomic E-state index is 5.98. The zero-order valence-electron chi connectivity index (χ0n) is 8.59. The normalized spacial score (nSPS) is 10.4. The molecule has 0 saturated carbocycles. The van der Waals surface area contributed by atoms with Crippen LogP contribution in [0.4, 0.5) is 0 Å². The van der Waals surface area contributed by atoms with Crippen LogP contribution in [-0.4, -0.2) is 18.1 Å². The first-order valence-corrected chi connectivity index (χ1v) is 5.51. The van der Waals surface area contributed by atoms with E-state index in [1.54, 1.807) is 12.4 Å². The number of aryl methyl sites for hydroxylation is 1. The van der Waals surface area contributed by atoms with Crippen LogP contribution in [0, 0.1) is 0 Å². The third-order valence-corrected chi connectivity index (χ3v) is 2.42. The number of hydrogen-bond donors (Lipinski definition) is 1. The maximum Gasteiger partial charge on any atom is 0.0621 e. The highest BCUT2D eigenvalue weighted by atomic mass is 35.5. The van der Waals surface area contributed by atoms with Gasteiger partial charge in [0, 0.05) is 12.4 Å². The first-order chi connectivity index (χ1) is 6.84. The second kappa shape index (κ2) is 6.80. The molecular weight excluding hydrogens is 196 g/mol. The lowest BCUT2D eigenvalue weighted by atomic mass is 10.1. The molecule has 0 aliphatic rings. The fourth-order valence-electron chi connectivity index (χ4n) is 1.31. The highest BCUT2D eigenvalue weighted by Crippen LogP contribution is 2.14. The van der Waals surface area contributed by atoms with E-state index >= 15 is 0 Å². The quantitative estimate of drug-likeness (QED) is 0.734. The third-order valence-electron chi connectivity index (χ3n) is 2.08. The SMILES string of the molecule is CCCNCCCc1ccncc1Cl. The first kappa shape index (κ1) is 11.5. The van der Waals surface area contributed by atoms with Gasteiger partial charge >= 0.3 is 0 Å². The Morgan fingerprint density at radius 2 is 2.29 bits per heavy atom. The van der Waals surface area contributed by atoms with Crippen LogP contribution >= 0.6 is 11.6 Å². The van der Waals surface area contributed by atoms with Gasteiger partial charge in [-0.1, -0.05) is 18.5 Å². The van der Waals surface area contributed by atoms with Crippen LogP contribution < -0.4 is 5.32 Å². The van der Waals surface area contributed by atoms with Gasteiger partial charge < -0.3 is 5.32 Å². The van der Waals surface area contributed by atoms with Crippen molar-refractivity contribution in [3.05, 3.63) is 29.0 Å². The number of halogens is 1. The average Bonchev–Trinajstić information content (AvgIpc) is 2.20. The average molecular weight is 213 g/mol. The van der Waals surface area contributed by atoms with Crippen molar-refractivity contribution in [3.63, 3.8) is 0 Å². The van der Waals surface area contributed by atoms with Gasteiger partial charge in [0.15, 0.2) is 0 Å². The summed E-state index contributed by atoms with van der Waals surface area (Å²) in [6.07, 6.45) is 6.84. The molecule has 0 atom stereocenters. The predicted octanol–water partition coefficient (Wildman–Crippen LogP) is 2.67. The Bertz CT molecular complexity index is 263. The van der Waals surface area contributed by atoms with Crippen LogP contribution in [0.5, 0.6) is 0 Å². The Morgan fingerprint density at radius 3 is 3.00 bits per heavy atom. The number of pyridine rings is 1. The topological polar surface area (TPSA) is 24.9 Å². The second-order valence-corrected chi connectivity index (χ2v) is 3.73. The molecule has 0 fully saturated rings. The Morgan fingerprint density at radius 1 is 1.43 bits per heavy atom. The van der Waals surface area contributed by atoms with Gasteiger partial charge in [0.25, 0.3) is 0 Å². The van der Waals surface area contributed by atoms with E-state index in [4.69, 9.17) is 11.6 Å². The molecule has 0 aromatic carbocycles. The number of aromatic nitrogens is 1. The number of nitrogens with one attached hydrogen (secondary N) is 1. The van der Waals surface area contributed by atoms with Gasteiger partial charge in [0.2, 0.25) is 0 Å². The maximum atomic E-state index is 5.98. The number of hydrogen-bond acceptors (Lipinski definition) is 2. The van der Waals surface area contributed by atoms with Crippen LogP contribution in [0.3, 0.4) is 0 Å². The standard InChI is InChI=1S/C11H17ClN2/c1-2-6-13-7-3-4-10-5-8-14-9-11(10)12/h5,8-9,13H,2-4,6-7H2,1H3. The van der Waals surface area contributed by atoms with E-state index in [1.165, 1.54) is 12.0 Å². The monoisotopic (exact) mass is 212 g/mol. The summed E-state index contributed by atoms with van der Waals surface area (Å²) < 4.78 is 0. The van der Waals surface area contributed by atoms with Gasteiger partial charge in [-0.2, -0.15) is 0 Å². The van der Waals surface area contributed by atoms with Gasteiger partial charge in [-0.05, 0) is 44.0 Å². The van der Waals surface area contributed by atoms with E-state index in [0.717, 1.165) is 31.0 Å². The minimum atomic E-state index is 0.781. The molecule has 0 saturated heterocycles. The number of nitrogens with zero attached hydrogens (tertiary/aromatic N) is 1. The molecule has 2 nitrogen and oxygen atoms in total. The molecule has 3 heteroatoms. The molecule has 0 unspecified atom stereocenters. The molecule has 14 heavy (non-hydrogen) atoms. The molecule has 0 amide bonds. The smallest absolute Gasteiger partial charge is 0.0621 e. The van der Waals surface area contributed by atoms with Crippen molar-refractivity contribution >= 4 is 11.6 Å². The van der Waals surface area contributed by atoms with E-state index < -0.39 is 0 Å². The Labute approximate surface area is 90.7 Å². The molecule has 78 valence electrons. The fourth-order valence-corrected chi connectivity index (χ4v) is 1.53. The summed E-state index contributed by atoms with van der Waals surface area (Å²) in [5.74, 6) is 0. The third kappa shape index (κ3) is 4.07. The van der Waals surface area contributed by atoms with Crippen molar-refractivity contribution in [3.8, 4) is 0 Å². The van der Waals surface area contributed by atoms with E-state index in [9.17, 15) is 0 Å². The molecular formula is C11H17ClN2. The first-order valence-electron chi connectivity index (χ1n) is 5.13. The molecule has 1 N–H and O–H groups in total. The Hall–Kier alpha value is -0.600. The molecule has 0 spiro atoms. The lowest BCUT2D eigenvalue weighted by Gasteiger charge is -2.04. The number of rotatable bonds is 6. The fraction of sp³-hybridized carbons (Fsp3) is 0.545. The summed E-state index contributed by atoms with van der Waals surface area (Å²) >= 11 is 5.98. The highest BCUT2D eigenvalue weighted by molar-refractivity contribution is 6.31.